The first-order chi connectivity index (χ1) is 7.84. The second-order valence-electron chi connectivity index (χ2n) is 4.39. The maximum atomic E-state index is 11.3. The summed E-state index contributed by atoms with van der Waals surface area (Å²) in [6.07, 6.45) is 1.22. The molecule has 100 valence electrons. The van der Waals surface area contributed by atoms with Gasteiger partial charge >= 0.3 is 0 Å². The third-order valence-corrected chi connectivity index (χ3v) is 4.26. The van der Waals surface area contributed by atoms with Crippen LogP contribution < -0.4 is 5.73 Å². The molecule has 1 heterocycles. The SMILES string of the molecule is CC(CN1CCN(S(C)(=O)=O)CC1)C(N)=NO. The van der Waals surface area contributed by atoms with Gasteiger partial charge in [-0.1, -0.05) is 12.1 Å². The molecule has 3 N–H and O–H groups in total. The summed E-state index contributed by atoms with van der Waals surface area (Å²) >= 11 is 0. The average molecular weight is 264 g/mol. The molecule has 0 amide bonds. The molecule has 0 saturated carbocycles. The fraction of sp³-hybridized carbons (Fsp3) is 0.889. The Balaban J connectivity index is 2.43. The summed E-state index contributed by atoms with van der Waals surface area (Å²) in [6, 6.07) is 0. The molecule has 0 spiro atoms. The van der Waals surface area contributed by atoms with E-state index in [-0.39, 0.29) is 11.8 Å². The molecule has 1 unspecified atom stereocenters. The molecule has 1 rings (SSSR count). The minimum atomic E-state index is -3.08. The summed E-state index contributed by atoms with van der Waals surface area (Å²) in [4.78, 5) is 2.12. The maximum Gasteiger partial charge on any atom is 0.211 e. The van der Waals surface area contributed by atoms with E-state index in [2.05, 4.69) is 10.1 Å². The third-order valence-electron chi connectivity index (χ3n) is 2.95. The lowest BCUT2D eigenvalue weighted by Gasteiger charge is -2.34. The van der Waals surface area contributed by atoms with Crippen molar-refractivity contribution in [1.29, 1.82) is 0 Å². The second kappa shape index (κ2) is 5.65. The largest absolute Gasteiger partial charge is 0.409 e. The van der Waals surface area contributed by atoms with Gasteiger partial charge in [-0.05, 0) is 0 Å². The Morgan fingerprint density at radius 1 is 1.41 bits per heavy atom. The van der Waals surface area contributed by atoms with Gasteiger partial charge in [0.2, 0.25) is 10.0 Å². The molecule has 1 aliphatic heterocycles. The van der Waals surface area contributed by atoms with E-state index >= 15 is 0 Å². The lowest BCUT2D eigenvalue weighted by molar-refractivity contribution is 0.179. The fourth-order valence-corrected chi connectivity index (χ4v) is 2.65. The lowest BCUT2D eigenvalue weighted by Crippen LogP contribution is -2.50. The molecule has 0 aromatic heterocycles. The Labute approximate surface area is 102 Å². The quantitative estimate of drug-likeness (QED) is 0.292. The van der Waals surface area contributed by atoms with Crippen LogP contribution >= 0.6 is 0 Å². The van der Waals surface area contributed by atoms with Crippen LogP contribution in [0.4, 0.5) is 0 Å². The summed E-state index contributed by atoms with van der Waals surface area (Å²) in [5, 5.41) is 11.5. The number of rotatable bonds is 4. The molecule has 1 fully saturated rings. The van der Waals surface area contributed by atoms with E-state index in [1.807, 2.05) is 6.92 Å². The van der Waals surface area contributed by atoms with Crippen molar-refractivity contribution in [2.45, 2.75) is 6.92 Å². The van der Waals surface area contributed by atoms with Crippen molar-refractivity contribution in [1.82, 2.24) is 9.21 Å². The Morgan fingerprint density at radius 2 is 1.94 bits per heavy atom. The lowest BCUT2D eigenvalue weighted by atomic mass is 10.1. The van der Waals surface area contributed by atoms with E-state index in [1.54, 1.807) is 0 Å². The topological polar surface area (TPSA) is 99.2 Å². The molecule has 0 aliphatic carbocycles. The molecule has 0 aromatic rings. The zero-order valence-electron chi connectivity index (χ0n) is 10.2. The summed E-state index contributed by atoms with van der Waals surface area (Å²) < 4.78 is 24.1. The van der Waals surface area contributed by atoms with Gasteiger partial charge < -0.3 is 15.8 Å². The van der Waals surface area contributed by atoms with E-state index < -0.39 is 10.0 Å². The molecule has 0 bridgehead atoms. The van der Waals surface area contributed by atoms with Crippen LogP contribution in [-0.2, 0) is 10.0 Å². The Hall–Kier alpha value is -0.860. The normalized spacial score (nSPS) is 22.6. The molecule has 1 aliphatic rings. The molecular weight excluding hydrogens is 244 g/mol. The average Bonchev–Trinajstić information content (AvgIpc) is 2.27. The zero-order chi connectivity index (χ0) is 13.1. The van der Waals surface area contributed by atoms with Gasteiger partial charge in [0.1, 0.15) is 5.84 Å². The maximum absolute atomic E-state index is 11.3. The molecular formula is C9H20N4O3S. The highest BCUT2D eigenvalue weighted by Crippen LogP contribution is 2.08. The van der Waals surface area contributed by atoms with Crippen molar-refractivity contribution >= 4 is 15.9 Å². The minimum Gasteiger partial charge on any atom is -0.409 e. The van der Waals surface area contributed by atoms with Crippen molar-refractivity contribution in [3.8, 4) is 0 Å². The van der Waals surface area contributed by atoms with E-state index in [0.29, 0.717) is 32.7 Å². The van der Waals surface area contributed by atoms with Crippen molar-refractivity contribution in [2.24, 2.45) is 16.8 Å². The second-order valence-corrected chi connectivity index (χ2v) is 6.37. The van der Waals surface area contributed by atoms with Crippen molar-refractivity contribution in [3.63, 3.8) is 0 Å². The van der Waals surface area contributed by atoms with Crippen molar-refractivity contribution in [3.05, 3.63) is 0 Å². The fourth-order valence-electron chi connectivity index (χ4n) is 1.82. The number of amidine groups is 1. The Bertz CT molecular complexity index is 374. The molecule has 17 heavy (non-hydrogen) atoms. The van der Waals surface area contributed by atoms with Gasteiger partial charge in [0.05, 0.1) is 6.26 Å². The van der Waals surface area contributed by atoms with Gasteiger partial charge in [-0.2, -0.15) is 4.31 Å². The number of hydrogen-bond donors (Lipinski definition) is 2. The molecule has 7 nitrogen and oxygen atoms in total. The number of hydrogen-bond acceptors (Lipinski definition) is 5. The molecule has 1 saturated heterocycles. The van der Waals surface area contributed by atoms with Crippen LogP contribution in [0.1, 0.15) is 6.92 Å². The number of nitrogens with zero attached hydrogens (tertiary/aromatic N) is 3. The van der Waals surface area contributed by atoms with Gasteiger partial charge in [0.25, 0.3) is 0 Å². The molecule has 0 radical (unpaired) electrons. The summed E-state index contributed by atoms with van der Waals surface area (Å²) in [6.45, 7) is 4.90. The van der Waals surface area contributed by atoms with Crippen molar-refractivity contribution in [2.75, 3.05) is 39.0 Å². The predicted octanol–water partition coefficient (Wildman–Crippen LogP) is -1.05. The standard InChI is InChI=1S/C9H20N4O3S/c1-8(9(10)11-14)7-12-3-5-13(6-4-12)17(2,15)16/h8,14H,3-7H2,1-2H3,(H2,10,11). The molecule has 0 aromatic carbocycles. The number of piperazine rings is 1. The van der Waals surface area contributed by atoms with Crippen LogP contribution in [0.3, 0.4) is 0 Å². The van der Waals surface area contributed by atoms with Crippen LogP contribution in [-0.4, -0.2) is 67.6 Å². The molecule has 1 atom stereocenters. The highest BCUT2D eigenvalue weighted by molar-refractivity contribution is 7.88. The van der Waals surface area contributed by atoms with Gasteiger partial charge in [0.15, 0.2) is 0 Å². The zero-order valence-corrected chi connectivity index (χ0v) is 11.0. The summed E-state index contributed by atoms with van der Waals surface area (Å²) in [5.74, 6) is 0.167. The first kappa shape index (κ1) is 14.2. The monoisotopic (exact) mass is 264 g/mol. The first-order valence-corrected chi connectivity index (χ1v) is 7.34. The summed E-state index contributed by atoms with van der Waals surface area (Å²) in [7, 11) is -3.08. The smallest absolute Gasteiger partial charge is 0.211 e. The van der Waals surface area contributed by atoms with Crippen molar-refractivity contribution < 1.29 is 13.6 Å². The Morgan fingerprint density at radius 3 is 2.35 bits per heavy atom. The highest BCUT2D eigenvalue weighted by Gasteiger charge is 2.24. The van der Waals surface area contributed by atoms with Gasteiger partial charge in [0, 0.05) is 38.6 Å². The van der Waals surface area contributed by atoms with Crippen LogP contribution in [0.5, 0.6) is 0 Å². The number of sulfonamides is 1. The van der Waals surface area contributed by atoms with E-state index in [9.17, 15) is 8.42 Å². The van der Waals surface area contributed by atoms with Crippen LogP contribution in [0.15, 0.2) is 5.16 Å². The van der Waals surface area contributed by atoms with Crippen LogP contribution in [0.25, 0.3) is 0 Å². The predicted molar refractivity (Wildman–Crippen MR) is 65.4 cm³/mol. The van der Waals surface area contributed by atoms with E-state index in [1.165, 1.54) is 10.6 Å². The van der Waals surface area contributed by atoms with E-state index in [0.717, 1.165) is 0 Å². The highest BCUT2D eigenvalue weighted by atomic mass is 32.2. The van der Waals surface area contributed by atoms with Gasteiger partial charge in [-0.15, -0.1) is 0 Å². The van der Waals surface area contributed by atoms with Crippen LogP contribution in [0, 0.1) is 5.92 Å². The van der Waals surface area contributed by atoms with Crippen LogP contribution in [0.2, 0.25) is 0 Å². The number of oxime groups is 1. The number of nitrogens with two attached hydrogens (primary N) is 1. The third kappa shape index (κ3) is 4.14. The minimum absolute atomic E-state index is 0.0372. The van der Waals surface area contributed by atoms with Gasteiger partial charge in [-0.3, -0.25) is 0 Å². The van der Waals surface area contributed by atoms with Gasteiger partial charge in [-0.25, -0.2) is 8.42 Å². The first-order valence-electron chi connectivity index (χ1n) is 5.49. The summed E-state index contributed by atoms with van der Waals surface area (Å²) in [5.41, 5.74) is 5.50. The Kier molecular flexibility index (Phi) is 4.72. The molecule has 8 heteroatoms. The van der Waals surface area contributed by atoms with E-state index in [4.69, 9.17) is 10.9 Å².